The van der Waals surface area contributed by atoms with Gasteiger partial charge in [0.15, 0.2) is 0 Å². The molecule has 0 saturated heterocycles. The van der Waals surface area contributed by atoms with E-state index < -0.39 is 5.97 Å². The van der Waals surface area contributed by atoms with Gasteiger partial charge in [-0.25, -0.2) is 9.59 Å². The summed E-state index contributed by atoms with van der Waals surface area (Å²) in [5.41, 5.74) is 2.22. The topological polar surface area (TPSA) is 58.6 Å². The molecule has 0 bridgehead atoms. The van der Waals surface area contributed by atoms with Crippen LogP contribution in [0.3, 0.4) is 0 Å². The normalized spacial score (nSPS) is 10.7. The number of hydrogen-bond acceptors (Lipinski definition) is 3. The lowest BCUT2D eigenvalue weighted by molar-refractivity contribution is -0.137. The fourth-order valence-electron chi connectivity index (χ4n) is 2.25. The molecule has 1 N–H and O–H groups in total. The molecule has 2 amide bonds. The Balaban J connectivity index is 1.95. The van der Waals surface area contributed by atoms with Crippen molar-refractivity contribution in [3.63, 3.8) is 0 Å². The second-order valence-electron chi connectivity index (χ2n) is 5.71. The number of anilines is 1. The Morgan fingerprint density at radius 3 is 2.52 bits per heavy atom. The van der Waals surface area contributed by atoms with Crippen LogP contribution in [0, 0.1) is 0 Å². The minimum Gasteiger partial charge on any atom is -0.463 e. The van der Waals surface area contributed by atoms with Gasteiger partial charge in [0.05, 0.1) is 16.7 Å². The van der Waals surface area contributed by atoms with Crippen LogP contribution in [0.1, 0.15) is 18.1 Å². The molecule has 2 aromatic rings. The Morgan fingerprint density at radius 1 is 1.15 bits per heavy atom. The van der Waals surface area contributed by atoms with E-state index in [-0.39, 0.29) is 6.03 Å². The molecule has 0 aliphatic rings. The lowest BCUT2D eigenvalue weighted by Gasteiger charge is -2.19. The second-order valence-corrected chi connectivity index (χ2v) is 6.49. The molecular weight excluding hydrogens is 387 g/mol. The van der Waals surface area contributed by atoms with Crippen LogP contribution in [0.15, 0.2) is 48.5 Å². The number of nitrogens with zero attached hydrogens (tertiary/aromatic N) is 1. The Hall–Kier alpha value is -2.50. The quantitative estimate of drug-likeness (QED) is 0.527. The maximum Gasteiger partial charge on any atom is 0.330 e. The van der Waals surface area contributed by atoms with Gasteiger partial charge in [0.25, 0.3) is 0 Å². The van der Waals surface area contributed by atoms with E-state index in [1.165, 1.54) is 11.0 Å². The molecule has 0 fully saturated rings. The van der Waals surface area contributed by atoms with Crippen molar-refractivity contribution >= 4 is 47.0 Å². The number of halogens is 2. The van der Waals surface area contributed by atoms with E-state index in [9.17, 15) is 9.59 Å². The number of carbonyl (C=O) groups excluding carboxylic acids is 2. The molecule has 7 heteroatoms. The third-order valence-corrected chi connectivity index (χ3v) is 4.50. The maximum absolute atomic E-state index is 12.3. The van der Waals surface area contributed by atoms with Crippen molar-refractivity contribution in [2.75, 3.05) is 19.0 Å². The molecule has 0 aliphatic carbocycles. The second kappa shape index (κ2) is 10.00. The van der Waals surface area contributed by atoms with Crippen molar-refractivity contribution in [3.05, 3.63) is 69.7 Å². The summed E-state index contributed by atoms with van der Waals surface area (Å²) in [6.45, 7) is 2.41. The third kappa shape index (κ3) is 6.31. The number of amides is 2. The van der Waals surface area contributed by atoms with Gasteiger partial charge < -0.3 is 15.0 Å². The smallest absolute Gasteiger partial charge is 0.330 e. The van der Waals surface area contributed by atoms with Crippen molar-refractivity contribution in [1.29, 1.82) is 0 Å². The van der Waals surface area contributed by atoms with Crippen LogP contribution in [0.25, 0.3) is 6.08 Å². The first-order valence-corrected chi connectivity index (χ1v) is 9.06. The van der Waals surface area contributed by atoms with Gasteiger partial charge in [-0.2, -0.15) is 0 Å². The predicted molar refractivity (Wildman–Crippen MR) is 109 cm³/mol. The average Bonchev–Trinajstić information content (AvgIpc) is 2.65. The molecule has 5 nitrogen and oxygen atoms in total. The summed E-state index contributed by atoms with van der Waals surface area (Å²) in [4.78, 5) is 25.2. The molecule has 2 rings (SSSR count). The molecule has 0 spiro atoms. The summed E-state index contributed by atoms with van der Waals surface area (Å²) in [7, 11) is 1.67. The fourth-order valence-corrected chi connectivity index (χ4v) is 2.63. The largest absolute Gasteiger partial charge is 0.463 e. The molecule has 2 aromatic carbocycles. The van der Waals surface area contributed by atoms with Gasteiger partial charge in [-0.15, -0.1) is 0 Å². The number of esters is 1. The summed E-state index contributed by atoms with van der Waals surface area (Å²) < 4.78 is 4.82. The molecule has 142 valence electrons. The van der Waals surface area contributed by atoms with Crippen molar-refractivity contribution in [1.82, 2.24) is 4.90 Å². The SMILES string of the molecule is CCOC(=O)/C=C/c1ccc(NC(=O)N(C)Cc2cccc(Cl)c2Cl)cc1. The van der Waals surface area contributed by atoms with Gasteiger partial charge in [-0.1, -0.05) is 47.5 Å². The molecule has 0 aliphatic heterocycles. The zero-order valence-corrected chi connectivity index (χ0v) is 16.6. The zero-order chi connectivity index (χ0) is 19.8. The van der Waals surface area contributed by atoms with Crippen molar-refractivity contribution in [2.45, 2.75) is 13.5 Å². The number of nitrogens with one attached hydrogen (secondary N) is 1. The van der Waals surface area contributed by atoms with Gasteiger partial charge >= 0.3 is 12.0 Å². The van der Waals surface area contributed by atoms with Crippen molar-refractivity contribution in [2.24, 2.45) is 0 Å². The van der Waals surface area contributed by atoms with E-state index in [0.29, 0.717) is 28.9 Å². The summed E-state index contributed by atoms with van der Waals surface area (Å²) >= 11 is 12.2. The Morgan fingerprint density at radius 2 is 1.85 bits per heavy atom. The number of carbonyl (C=O) groups is 2. The van der Waals surface area contributed by atoms with E-state index in [4.69, 9.17) is 27.9 Å². The monoisotopic (exact) mass is 406 g/mol. The van der Waals surface area contributed by atoms with Gasteiger partial charge in [-0.05, 0) is 42.3 Å². The Kier molecular flexibility index (Phi) is 7.70. The van der Waals surface area contributed by atoms with Crippen LogP contribution in [0.5, 0.6) is 0 Å². The van der Waals surface area contributed by atoms with Crippen molar-refractivity contribution in [3.8, 4) is 0 Å². The minimum atomic E-state index is -0.392. The molecular formula is C20H20Cl2N2O3. The summed E-state index contributed by atoms with van der Waals surface area (Å²) in [5.74, 6) is -0.392. The number of ether oxygens (including phenoxy) is 1. The highest BCUT2D eigenvalue weighted by Gasteiger charge is 2.12. The molecule has 0 aromatic heterocycles. The van der Waals surface area contributed by atoms with Crippen LogP contribution in [0.2, 0.25) is 10.0 Å². The number of rotatable bonds is 6. The molecule has 0 unspecified atom stereocenters. The fraction of sp³-hybridized carbons (Fsp3) is 0.200. The van der Waals surface area contributed by atoms with Gasteiger partial charge in [0, 0.05) is 25.4 Å². The highest BCUT2D eigenvalue weighted by Crippen LogP contribution is 2.26. The summed E-state index contributed by atoms with van der Waals surface area (Å²) in [6.07, 6.45) is 3.01. The summed E-state index contributed by atoms with van der Waals surface area (Å²) in [6, 6.07) is 12.1. The van der Waals surface area contributed by atoms with Gasteiger partial charge in [-0.3, -0.25) is 0 Å². The lowest BCUT2D eigenvalue weighted by atomic mass is 10.2. The first kappa shape index (κ1) is 20.8. The van der Waals surface area contributed by atoms with Crippen LogP contribution in [-0.4, -0.2) is 30.6 Å². The van der Waals surface area contributed by atoms with Crippen LogP contribution in [-0.2, 0) is 16.1 Å². The first-order valence-electron chi connectivity index (χ1n) is 8.30. The van der Waals surface area contributed by atoms with E-state index in [0.717, 1.165) is 11.1 Å². The highest BCUT2D eigenvalue weighted by molar-refractivity contribution is 6.42. The van der Waals surface area contributed by atoms with Crippen LogP contribution in [0.4, 0.5) is 10.5 Å². The maximum atomic E-state index is 12.3. The third-order valence-electron chi connectivity index (χ3n) is 3.65. The van der Waals surface area contributed by atoms with E-state index in [1.807, 2.05) is 6.07 Å². The Labute approximate surface area is 168 Å². The minimum absolute atomic E-state index is 0.277. The molecule has 0 saturated carbocycles. The van der Waals surface area contributed by atoms with Gasteiger partial charge in [0.1, 0.15) is 0 Å². The number of urea groups is 1. The van der Waals surface area contributed by atoms with Gasteiger partial charge in [0.2, 0.25) is 0 Å². The number of hydrogen-bond donors (Lipinski definition) is 1. The molecule has 27 heavy (non-hydrogen) atoms. The zero-order valence-electron chi connectivity index (χ0n) is 15.0. The standard InChI is InChI=1S/C20H20Cl2N2O3/c1-3-27-18(25)12-9-14-7-10-16(11-8-14)23-20(26)24(2)13-15-5-4-6-17(21)19(15)22/h4-12H,3,13H2,1-2H3,(H,23,26)/b12-9+. The molecule has 0 atom stereocenters. The highest BCUT2D eigenvalue weighted by atomic mass is 35.5. The Bertz CT molecular complexity index is 836. The lowest BCUT2D eigenvalue weighted by Crippen LogP contribution is -2.30. The van der Waals surface area contributed by atoms with Crippen LogP contribution < -0.4 is 5.32 Å². The molecule has 0 heterocycles. The van der Waals surface area contributed by atoms with E-state index in [1.54, 1.807) is 56.4 Å². The average molecular weight is 407 g/mol. The van der Waals surface area contributed by atoms with E-state index >= 15 is 0 Å². The summed E-state index contributed by atoms with van der Waals surface area (Å²) in [5, 5.41) is 3.70. The van der Waals surface area contributed by atoms with E-state index in [2.05, 4.69) is 5.32 Å². The van der Waals surface area contributed by atoms with Crippen molar-refractivity contribution < 1.29 is 14.3 Å². The van der Waals surface area contributed by atoms with Crippen LogP contribution >= 0.6 is 23.2 Å². The number of benzene rings is 2. The predicted octanol–water partition coefficient (Wildman–Crippen LogP) is 5.23. The first-order chi connectivity index (χ1) is 12.9. The molecule has 0 radical (unpaired) electrons.